The molecule has 15 heavy (non-hydrogen) atoms. The number of rotatable bonds is 4. The number of hydrogen-bond donors (Lipinski definition) is 1. The van der Waals surface area contributed by atoms with Crippen LogP contribution in [0.2, 0.25) is 0 Å². The number of nitrogens with zero attached hydrogens (tertiary/aromatic N) is 1. The smallest absolute Gasteiger partial charge is 0.356 e. The van der Waals surface area contributed by atoms with Gasteiger partial charge in [-0.05, 0) is 13.8 Å². The highest BCUT2D eigenvalue weighted by Crippen LogP contribution is 2.03. The highest BCUT2D eigenvalue weighted by molar-refractivity contribution is 7.71. The van der Waals surface area contributed by atoms with Crippen LogP contribution < -0.4 is 0 Å². The maximum absolute atomic E-state index is 11.4. The maximum Gasteiger partial charge on any atom is 0.356 e. The fourth-order valence-corrected chi connectivity index (χ4v) is 1.37. The van der Waals surface area contributed by atoms with Crippen LogP contribution in [0, 0.1) is 4.64 Å². The molecule has 0 radical (unpaired) electrons. The van der Waals surface area contributed by atoms with Crippen molar-refractivity contribution in [3.8, 4) is 0 Å². The molecule has 0 unspecified atom stereocenters. The van der Waals surface area contributed by atoms with Crippen molar-refractivity contribution in [3.63, 3.8) is 0 Å². The summed E-state index contributed by atoms with van der Waals surface area (Å²) < 4.78 is 6.62. The van der Waals surface area contributed by atoms with Crippen LogP contribution in [-0.4, -0.2) is 28.1 Å². The summed E-state index contributed by atoms with van der Waals surface area (Å²) in [6.07, 6.45) is 0. The van der Waals surface area contributed by atoms with Crippen LogP contribution in [0.15, 0.2) is 6.07 Å². The first kappa shape index (κ1) is 11.6. The van der Waals surface area contributed by atoms with Gasteiger partial charge in [0.05, 0.1) is 13.2 Å². The van der Waals surface area contributed by atoms with Crippen molar-refractivity contribution in [1.29, 1.82) is 0 Å². The Morgan fingerprint density at radius 3 is 2.80 bits per heavy atom. The number of ether oxygens (including phenoxy) is 1. The van der Waals surface area contributed by atoms with E-state index in [1.807, 2.05) is 0 Å². The maximum atomic E-state index is 11.4. The van der Waals surface area contributed by atoms with Crippen LogP contribution in [0.5, 0.6) is 0 Å². The van der Waals surface area contributed by atoms with E-state index in [1.165, 1.54) is 17.7 Å². The van der Waals surface area contributed by atoms with Gasteiger partial charge in [0.25, 0.3) is 0 Å². The summed E-state index contributed by atoms with van der Waals surface area (Å²) >= 11 is 4.88. The van der Waals surface area contributed by atoms with Gasteiger partial charge in [-0.25, -0.2) is 4.79 Å². The minimum Gasteiger partial charge on any atom is -0.461 e. The van der Waals surface area contributed by atoms with Crippen molar-refractivity contribution in [2.75, 3.05) is 6.61 Å². The van der Waals surface area contributed by atoms with Gasteiger partial charge in [0.2, 0.25) is 0 Å². The molecule has 0 aliphatic rings. The number of esters is 1. The van der Waals surface area contributed by atoms with Crippen LogP contribution in [-0.2, 0) is 16.1 Å². The second-order valence-electron chi connectivity index (χ2n) is 3.01. The molecule has 0 fully saturated rings. The summed E-state index contributed by atoms with van der Waals surface area (Å²) in [5.74, 6) is -0.548. The van der Waals surface area contributed by atoms with Gasteiger partial charge in [-0.1, -0.05) is 12.2 Å². The molecule has 1 heterocycles. The number of aromatic amines is 1. The Bertz CT molecular complexity index is 433. The average Bonchev–Trinajstić information content (AvgIpc) is 2.46. The van der Waals surface area contributed by atoms with Gasteiger partial charge in [-0.2, -0.15) is 0 Å². The molecule has 6 heteroatoms. The van der Waals surface area contributed by atoms with E-state index < -0.39 is 5.97 Å². The van der Waals surface area contributed by atoms with E-state index in [-0.39, 0.29) is 24.6 Å². The molecule has 0 aliphatic carbocycles. The highest BCUT2D eigenvalue weighted by Gasteiger charge is 2.13. The van der Waals surface area contributed by atoms with Gasteiger partial charge in [0, 0.05) is 6.07 Å². The molecule has 0 aromatic carbocycles. The zero-order chi connectivity index (χ0) is 11.4. The van der Waals surface area contributed by atoms with Gasteiger partial charge in [-0.15, -0.1) is 0 Å². The molecule has 82 valence electrons. The minimum absolute atomic E-state index is 0.0672. The van der Waals surface area contributed by atoms with E-state index in [4.69, 9.17) is 17.0 Å². The third-order valence-electron chi connectivity index (χ3n) is 1.67. The molecular formula is C9H12N2O3S. The zero-order valence-corrected chi connectivity index (χ0v) is 9.39. The summed E-state index contributed by atoms with van der Waals surface area (Å²) in [5, 5.41) is 2.73. The Hall–Kier alpha value is -1.43. The molecule has 0 saturated carbocycles. The lowest BCUT2D eigenvalue weighted by Gasteiger charge is -2.05. The topological polar surface area (TPSA) is 64.1 Å². The van der Waals surface area contributed by atoms with Gasteiger partial charge >= 0.3 is 5.97 Å². The summed E-state index contributed by atoms with van der Waals surface area (Å²) in [4.78, 5) is 22.4. The number of aromatic nitrogens is 2. The molecule has 0 saturated heterocycles. The van der Waals surface area contributed by atoms with E-state index in [0.29, 0.717) is 4.64 Å². The number of ketones is 1. The van der Waals surface area contributed by atoms with E-state index in [2.05, 4.69) is 5.10 Å². The standard InChI is InChI=1S/C9H12N2O3S/c1-3-14-9(13)7-4-8(15)10-11(7)5-6(2)12/h4H,3,5H2,1-2H3,(H,10,15). The molecule has 1 aromatic rings. The Morgan fingerprint density at radius 1 is 1.60 bits per heavy atom. The lowest BCUT2D eigenvalue weighted by Crippen LogP contribution is -2.16. The quantitative estimate of drug-likeness (QED) is 0.623. The molecule has 0 bridgehead atoms. The van der Waals surface area contributed by atoms with Crippen LogP contribution in [0.3, 0.4) is 0 Å². The minimum atomic E-state index is -0.480. The average molecular weight is 228 g/mol. The number of hydrogen-bond acceptors (Lipinski definition) is 4. The predicted molar refractivity (Wildman–Crippen MR) is 56.3 cm³/mol. The second-order valence-corrected chi connectivity index (χ2v) is 3.45. The summed E-state index contributed by atoms with van der Waals surface area (Å²) in [6, 6.07) is 1.48. The Kier molecular flexibility index (Phi) is 3.79. The summed E-state index contributed by atoms with van der Waals surface area (Å²) in [7, 11) is 0. The third kappa shape index (κ3) is 3.02. The van der Waals surface area contributed by atoms with Crippen molar-refractivity contribution in [3.05, 3.63) is 16.4 Å². The molecular weight excluding hydrogens is 216 g/mol. The third-order valence-corrected chi connectivity index (χ3v) is 1.88. The number of Topliss-reactive ketones (excluding diaryl/α,β-unsaturated/α-hetero) is 1. The van der Waals surface area contributed by atoms with Crippen molar-refractivity contribution >= 4 is 24.0 Å². The van der Waals surface area contributed by atoms with Crippen molar-refractivity contribution in [2.45, 2.75) is 20.4 Å². The van der Waals surface area contributed by atoms with Gasteiger partial charge < -0.3 is 4.74 Å². The summed E-state index contributed by atoms with van der Waals surface area (Å²) in [5.41, 5.74) is 0.275. The first-order chi connectivity index (χ1) is 7.04. The SMILES string of the molecule is CCOC(=O)c1cc(=S)[nH]n1CC(C)=O. The van der Waals surface area contributed by atoms with Crippen LogP contribution in [0.1, 0.15) is 24.3 Å². The lowest BCUT2D eigenvalue weighted by molar-refractivity contribution is -0.117. The van der Waals surface area contributed by atoms with Gasteiger partial charge in [-0.3, -0.25) is 14.6 Å². The zero-order valence-electron chi connectivity index (χ0n) is 8.57. The highest BCUT2D eigenvalue weighted by atomic mass is 32.1. The van der Waals surface area contributed by atoms with Crippen molar-refractivity contribution in [2.24, 2.45) is 0 Å². The summed E-state index contributed by atoms with van der Waals surface area (Å²) in [6.45, 7) is 3.53. The van der Waals surface area contributed by atoms with E-state index in [0.717, 1.165) is 0 Å². The normalized spacial score (nSPS) is 10.0. The molecule has 1 N–H and O–H groups in total. The van der Waals surface area contributed by atoms with E-state index >= 15 is 0 Å². The van der Waals surface area contributed by atoms with Crippen LogP contribution in [0.4, 0.5) is 0 Å². The molecule has 5 nitrogen and oxygen atoms in total. The largest absolute Gasteiger partial charge is 0.461 e. The second kappa shape index (κ2) is 4.88. The monoisotopic (exact) mass is 228 g/mol. The predicted octanol–water partition coefficient (Wildman–Crippen LogP) is 1.31. The fourth-order valence-electron chi connectivity index (χ4n) is 1.15. The van der Waals surface area contributed by atoms with Crippen molar-refractivity contribution < 1.29 is 14.3 Å². The van der Waals surface area contributed by atoms with Crippen LogP contribution in [0.25, 0.3) is 0 Å². The first-order valence-corrected chi connectivity index (χ1v) is 4.91. The molecule has 0 amide bonds. The number of carbonyl (C=O) groups excluding carboxylic acids is 2. The van der Waals surface area contributed by atoms with Gasteiger partial charge in [0.1, 0.15) is 10.3 Å². The molecule has 0 atom stereocenters. The lowest BCUT2D eigenvalue weighted by atomic mass is 10.4. The first-order valence-electron chi connectivity index (χ1n) is 4.51. The van der Waals surface area contributed by atoms with Crippen molar-refractivity contribution in [1.82, 2.24) is 9.78 Å². The number of H-pyrrole nitrogens is 1. The fraction of sp³-hybridized carbons (Fsp3) is 0.444. The Labute approximate surface area is 92.0 Å². The van der Waals surface area contributed by atoms with Crippen LogP contribution >= 0.6 is 12.2 Å². The molecule has 0 spiro atoms. The number of nitrogens with one attached hydrogen (secondary N) is 1. The Balaban J connectivity index is 3.00. The van der Waals surface area contributed by atoms with E-state index in [9.17, 15) is 9.59 Å². The van der Waals surface area contributed by atoms with Gasteiger partial charge in [0.15, 0.2) is 5.78 Å². The molecule has 1 aromatic heterocycles. The van der Waals surface area contributed by atoms with E-state index in [1.54, 1.807) is 6.92 Å². The molecule has 1 rings (SSSR count). The molecule has 0 aliphatic heterocycles. The number of carbonyl (C=O) groups is 2. The Morgan fingerprint density at radius 2 is 2.27 bits per heavy atom.